The van der Waals surface area contributed by atoms with E-state index in [1.165, 1.54) is 32.1 Å². The number of carbonyl (C=O) groups excluding carboxylic acids is 1. The zero-order valence-corrected chi connectivity index (χ0v) is 14.5. The highest BCUT2D eigenvalue weighted by atomic mass is 16.4. The van der Waals surface area contributed by atoms with E-state index in [2.05, 4.69) is 24.5 Å². The summed E-state index contributed by atoms with van der Waals surface area (Å²) in [5, 5.41) is 15.1. The van der Waals surface area contributed by atoms with Gasteiger partial charge in [-0.2, -0.15) is 0 Å². The molecule has 5 nitrogen and oxygen atoms in total. The van der Waals surface area contributed by atoms with Crippen LogP contribution in [0.2, 0.25) is 0 Å². The largest absolute Gasteiger partial charge is 0.481 e. The van der Waals surface area contributed by atoms with Crippen molar-refractivity contribution in [3.05, 3.63) is 0 Å². The molecular weight excluding hydrogens is 292 g/mol. The second-order valence-electron chi connectivity index (χ2n) is 7.55. The summed E-state index contributed by atoms with van der Waals surface area (Å²) in [4.78, 5) is 23.1. The summed E-state index contributed by atoms with van der Waals surface area (Å²) in [6, 6.07) is 0.190. The zero-order valence-electron chi connectivity index (χ0n) is 14.5. The number of hydrogen-bond donors (Lipinski definition) is 3. The molecule has 0 aromatic rings. The fourth-order valence-electron chi connectivity index (χ4n) is 4.12. The lowest BCUT2D eigenvalue weighted by Gasteiger charge is -2.33. The molecule has 0 spiro atoms. The molecule has 2 fully saturated rings. The van der Waals surface area contributed by atoms with Crippen LogP contribution in [0.3, 0.4) is 0 Å². The number of carboxylic acids is 1. The van der Waals surface area contributed by atoms with Crippen LogP contribution >= 0.6 is 0 Å². The Morgan fingerprint density at radius 3 is 2.13 bits per heavy atom. The van der Waals surface area contributed by atoms with Crippen LogP contribution in [0.5, 0.6) is 0 Å². The van der Waals surface area contributed by atoms with E-state index < -0.39 is 5.97 Å². The molecule has 2 amide bonds. The average Bonchev–Trinajstić information content (AvgIpc) is 2.55. The number of carboxylic acid groups (broad SMARTS) is 1. The monoisotopic (exact) mass is 324 g/mol. The Morgan fingerprint density at radius 1 is 0.957 bits per heavy atom. The van der Waals surface area contributed by atoms with Gasteiger partial charge in [0.1, 0.15) is 0 Å². The lowest BCUT2D eigenvalue weighted by Crippen LogP contribution is -2.49. The van der Waals surface area contributed by atoms with Crippen molar-refractivity contribution in [3.8, 4) is 0 Å². The van der Waals surface area contributed by atoms with E-state index in [0.717, 1.165) is 18.8 Å². The standard InChI is InChI=1S/C18H32N2O3/c1-12(14-6-4-3-5-7-14)13(2)19-18(23)20-16-10-8-15(9-11-16)17(21)22/h12-16H,3-11H2,1-2H3,(H,21,22)(H2,19,20,23). The van der Waals surface area contributed by atoms with E-state index in [1.54, 1.807) is 0 Å². The number of urea groups is 1. The lowest BCUT2D eigenvalue weighted by molar-refractivity contribution is -0.142. The molecule has 2 aliphatic rings. The first-order valence-corrected chi connectivity index (χ1v) is 9.27. The van der Waals surface area contributed by atoms with Crippen LogP contribution in [0.4, 0.5) is 4.79 Å². The highest BCUT2D eigenvalue weighted by molar-refractivity contribution is 5.74. The Hall–Kier alpha value is -1.26. The minimum Gasteiger partial charge on any atom is -0.481 e. The number of rotatable bonds is 5. The van der Waals surface area contributed by atoms with Gasteiger partial charge in [-0.15, -0.1) is 0 Å². The molecule has 0 bridgehead atoms. The maximum Gasteiger partial charge on any atom is 0.315 e. The molecule has 0 radical (unpaired) electrons. The minimum absolute atomic E-state index is 0.0982. The number of hydrogen-bond acceptors (Lipinski definition) is 2. The molecule has 2 aliphatic carbocycles. The van der Waals surface area contributed by atoms with Crippen molar-refractivity contribution in [3.63, 3.8) is 0 Å². The topological polar surface area (TPSA) is 78.4 Å². The Balaban J connectivity index is 1.70. The van der Waals surface area contributed by atoms with Crippen molar-refractivity contribution in [2.24, 2.45) is 17.8 Å². The maximum absolute atomic E-state index is 12.2. The van der Waals surface area contributed by atoms with Gasteiger partial charge in [-0.05, 0) is 44.4 Å². The van der Waals surface area contributed by atoms with Crippen molar-refractivity contribution in [1.82, 2.24) is 10.6 Å². The van der Waals surface area contributed by atoms with Crippen molar-refractivity contribution < 1.29 is 14.7 Å². The molecule has 3 N–H and O–H groups in total. The molecule has 2 atom stereocenters. The van der Waals surface area contributed by atoms with E-state index in [4.69, 9.17) is 5.11 Å². The molecule has 2 saturated carbocycles. The van der Waals surface area contributed by atoms with E-state index in [9.17, 15) is 9.59 Å². The van der Waals surface area contributed by atoms with E-state index in [0.29, 0.717) is 18.8 Å². The van der Waals surface area contributed by atoms with Gasteiger partial charge >= 0.3 is 12.0 Å². The third-order valence-corrected chi connectivity index (χ3v) is 5.95. The Bertz CT molecular complexity index is 399. The summed E-state index contributed by atoms with van der Waals surface area (Å²) in [6.45, 7) is 4.35. The SMILES string of the molecule is CC(NC(=O)NC1CCC(C(=O)O)CC1)C(C)C1CCCCC1. The van der Waals surface area contributed by atoms with Gasteiger partial charge < -0.3 is 15.7 Å². The highest BCUT2D eigenvalue weighted by Gasteiger charge is 2.28. The summed E-state index contributed by atoms with van der Waals surface area (Å²) in [6.07, 6.45) is 9.41. The van der Waals surface area contributed by atoms with Gasteiger partial charge in [0.25, 0.3) is 0 Å². The second kappa shape index (κ2) is 8.55. The number of amides is 2. The van der Waals surface area contributed by atoms with Gasteiger partial charge in [0, 0.05) is 12.1 Å². The first-order valence-electron chi connectivity index (χ1n) is 9.27. The molecule has 0 aromatic heterocycles. The fourth-order valence-corrected chi connectivity index (χ4v) is 4.12. The number of aliphatic carboxylic acids is 1. The van der Waals surface area contributed by atoms with E-state index in [-0.39, 0.29) is 24.0 Å². The molecule has 0 heterocycles. The van der Waals surface area contributed by atoms with Crippen LogP contribution in [0, 0.1) is 17.8 Å². The average molecular weight is 324 g/mol. The summed E-state index contributed by atoms with van der Waals surface area (Å²) in [7, 11) is 0. The first-order chi connectivity index (χ1) is 11.0. The third-order valence-electron chi connectivity index (χ3n) is 5.95. The van der Waals surface area contributed by atoms with Crippen LogP contribution in [-0.4, -0.2) is 29.2 Å². The van der Waals surface area contributed by atoms with Crippen molar-refractivity contribution in [2.75, 3.05) is 0 Å². The summed E-state index contributed by atoms with van der Waals surface area (Å²) in [5.74, 6) is 0.290. The number of carbonyl (C=O) groups is 2. The molecule has 23 heavy (non-hydrogen) atoms. The zero-order chi connectivity index (χ0) is 16.8. The van der Waals surface area contributed by atoms with Gasteiger partial charge in [-0.25, -0.2) is 4.79 Å². The van der Waals surface area contributed by atoms with Gasteiger partial charge in [0.05, 0.1) is 5.92 Å². The molecule has 2 rings (SSSR count). The van der Waals surface area contributed by atoms with Gasteiger partial charge in [-0.3, -0.25) is 4.79 Å². The van der Waals surface area contributed by atoms with Crippen LogP contribution in [0.25, 0.3) is 0 Å². The number of nitrogens with one attached hydrogen (secondary N) is 2. The molecular formula is C18H32N2O3. The molecule has 132 valence electrons. The maximum atomic E-state index is 12.2. The van der Waals surface area contributed by atoms with Gasteiger partial charge in [-0.1, -0.05) is 39.0 Å². The first kappa shape index (κ1) is 18.1. The fraction of sp³-hybridized carbons (Fsp3) is 0.889. The van der Waals surface area contributed by atoms with Crippen molar-refractivity contribution in [1.29, 1.82) is 0 Å². The van der Waals surface area contributed by atoms with Crippen molar-refractivity contribution in [2.45, 2.75) is 83.7 Å². The smallest absolute Gasteiger partial charge is 0.315 e. The van der Waals surface area contributed by atoms with Gasteiger partial charge in [0.15, 0.2) is 0 Å². The third kappa shape index (κ3) is 5.40. The summed E-state index contributed by atoms with van der Waals surface area (Å²) >= 11 is 0. The van der Waals surface area contributed by atoms with Crippen LogP contribution in [-0.2, 0) is 4.79 Å². The van der Waals surface area contributed by atoms with Gasteiger partial charge in [0.2, 0.25) is 0 Å². The minimum atomic E-state index is -0.706. The quantitative estimate of drug-likeness (QED) is 0.724. The predicted octanol–water partition coefficient (Wildman–Crippen LogP) is 3.53. The lowest BCUT2D eigenvalue weighted by atomic mass is 9.78. The second-order valence-corrected chi connectivity index (χ2v) is 7.55. The molecule has 2 unspecified atom stereocenters. The summed E-state index contributed by atoms with van der Waals surface area (Å²) < 4.78 is 0. The molecule has 5 heteroatoms. The van der Waals surface area contributed by atoms with E-state index in [1.807, 2.05) is 0 Å². The van der Waals surface area contributed by atoms with Crippen molar-refractivity contribution >= 4 is 12.0 Å². The Morgan fingerprint density at radius 2 is 1.57 bits per heavy atom. The van der Waals surface area contributed by atoms with E-state index >= 15 is 0 Å². The Kier molecular flexibility index (Phi) is 6.72. The van der Waals surface area contributed by atoms with Crippen LogP contribution < -0.4 is 10.6 Å². The molecule has 0 saturated heterocycles. The normalized spacial score (nSPS) is 28.6. The molecule has 0 aliphatic heterocycles. The van der Waals surface area contributed by atoms with Crippen LogP contribution in [0.1, 0.15) is 71.6 Å². The van der Waals surface area contributed by atoms with Crippen LogP contribution in [0.15, 0.2) is 0 Å². The summed E-state index contributed by atoms with van der Waals surface area (Å²) in [5.41, 5.74) is 0. The predicted molar refractivity (Wildman–Crippen MR) is 90.3 cm³/mol. The molecule has 0 aromatic carbocycles. The Labute approximate surface area is 139 Å². The highest BCUT2D eigenvalue weighted by Crippen LogP contribution is 2.31.